The lowest BCUT2D eigenvalue weighted by Gasteiger charge is -2.14. The molecular weight excluding hydrogens is 401 g/mol. The molecule has 0 amide bonds. The van der Waals surface area contributed by atoms with Gasteiger partial charge in [-0.3, -0.25) is 0 Å². The van der Waals surface area contributed by atoms with Crippen molar-refractivity contribution < 1.29 is 28.1 Å². The first kappa shape index (κ1) is 20.2. The Morgan fingerprint density at radius 3 is 2.50 bits per heavy atom. The van der Waals surface area contributed by atoms with Gasteiger partial charge in [0.05, 0.1) is 46.7 Å². The summed E-state index contributed by atoms with van der Waals surface area (Å²) in [6, 6.07) is 4.34. The molecule has 0 fully saturated rings. The van der Waals surface area contributed by atoms with E-state index in [4.69, 9.17) is 21.4 Å². The minimum Gasteiger partial charge on any atom is -0.424 e. The number of hydrogen-bond donors (Lipinski definition) is 2. The number of nitrogens with zero attached hydrogens (tertiary/aromatic N) is 4. The summed E-state index contributed by atoms with van der Waals surface area (Å²) in [5, 5.41) is 19.1. The van der Waals surface area contributed by atoms with Gasteiger partial charge in [0, 0.05) is 0 Å². The summed E-state index contributed by atoms with van der Waals surface area (Å²) in [5.41, 5.74) is 0.0386. The van der Waals surface area contributed by atoms with Crippen LogP contribution in [0.4, 0.5) is 13.2 Å². The first-order valence-corrected chi connectivity index (χ1v) is 8.47. The van der Waals surface area contributed by atoms with Crippen molar-refractivity contribution >= 4 is 22.5 Å². The molecule has 3 aromatic rings. The van der Waals surface area contributed by atoms with E-state index in [1.807, 2.05) is 0 Å². The Kier molecular flexibility index (Phi) is 5.92. The summed E-state index contributed by atoms with van der Waals surface area (Å²) in [5.74, 6) is -1.14. The van der Waals surface area contributed by atoms with Crippen molar-refractivity contribution in [3.63, 3.8) is 0 Å². The molecule has 1 atom stereocenters. The van der Waals surface area contributed by atoms with Crippen molar-refractivity contribution in [2.45, 2.75) is 25.1 Å². The number of rotatable bonds is 6. The van der Waals surface area contributed by atoms with Gasteiger partial charge in [-0.15, -0.1) is 0 Å². The lowest BCUT2D eigenvalue weighted by atomic mass is 10.1. The van der Waals surface area contributed by atoms with Crippen LogP contribution in [0.3, 0.4) is 0 Å². The SMILES string of the molecule is OCC(O)CCc1nc(C(F)(F)F)nc2cccc(Oc3ncc(Cl)cn3)c12. The van der Waals surface area contributed by atoms with Crippen LogP contribution < -0.4 is 4.74 Å². The number of fused-ring (bicyclic) bond motifs is 1. The van der Waals surface area contributed by atoms with E-state index in [2.05, 4.69) is 19.9 Å². The molecule has 1 aromatic carbocycles. The Bertz CT molecular complexity index is 970. The average molecular weight is 415 g/mol. The van der Waals surface area contributed by atoms with E-state index in [0.29, 0.717) is 5.02 Å². The maximum atomic E-state index is 13.2. The van der Waals surface area contributed by atoms with Crippen LogP contribution in [0.2, 0.25) is 5.02 Å². The van der Waals surface area contributed by atoms with Crippen molar-refractivity contribution in [1.82, 2.24) is 19.9 Å². The minimum atomic E-state index is -4.74. The number of alkyl halides is 3. The van der Waals surface area contributed by atoms with Crippen LogP contribution in [-0.4, -0.2) is 42.9 Å². The Hall–Kier alpha value is -2.56. The molecule has 11 heteroatoms. The predicted octanol–water partition coefficient (Wildman–Crippen LogP) is 3.17. The number of aliphatic hydroxyl groups excluding tert-OH is 2. The first-order valence-electron chi connectivity index (χ1n) is 8.09. The van der Waals surface area contributed by atoms with Crippen LogP contribution in [0.1, 0.15) is 17.9 Å². The van der Waals surface area contributed by atoms with Gasteiger partial charge >= 0.3 is 12.2 Å². The highest BCUT2D eigenvalue weighted by atomic mass is 35.5. The highest BCUT2D eigenvalue weighted by Gasteiger charge is 2.35. The fourth-order valence-corrected chi connectivity index (χ4v) is 2.56. The molecule has 0 saturated carbocycles. The summed E-state index contributed by atoms with van der Waals surface area (Å²) in [4.78, 5) is 15.0. The fourth-order valence-electron chi connectivity index (χ4n) is 2.46. The van der Waals surface area contributed by atoms with E-state index in [-0.39, 0.29) is 41.2 Å². The quantitative estimate of drug-likeness (QED) is 0.638. The Morgan fingerprint density at radius 2 is 1.86 bits per heavy atom. The van der Waals surface area contributed by atoms with Gasteiger partial charge in [0.2, 0.25) is 5.82 Å². The van der Waals surface area contributed by atoms with Crippen molar-refractivity contribution in [2.75, 3.05) is 6.61 Å². The fraction of sp³-hybridized carbons (Fsp3) is 0.294. The molecule has 2 N–H and O–H groups in total. The number of hydrogen-bond acceptors (Lipinski definition) is 7. The zero-order chi connectivity index (χ0) is 20.3. The molecule has 0 aliphatic rings. The highest BCUT2D eigenvalue weighted by Crippen LogP contribution is 2.34. The lowest BCUT2D eigenvalue weighted by molar-refractivity contribution is -0.144. The molecule has 7 nitrogen and oxygen atoms in total. The molecule has 1 unspecified atom stereocenters. The Labute approximate surface area is 161 Å². The number of benzene rings is 1. The molecule has 0 aliphatic heterocycles. The molecule has 28 heavy (non-hydrogen) atoms. The van der Waals surface area contributed by atoms with E-state index in [0.717, 1.165) is 0 Å². The summed E-state index contributed by atoms with van der Waals surface area (Å²) in [6.07, 6.45) is -3.24. The smallest absolute Gasteiger partial charge is 0.424 e. The van der Waals surface area contributed by atoms with Crippen molar-refractivity contribution in [3.8, 4) is 11.8 Å². The molecule has 0 bridgehead atoms. The topological polar surface area (TPSA) is 101 Å². The zero-order valence-electron chi connectivity index (χ0n) is 14.2. The molecule has 2 aromatic heterocycles. The number of aliphatic hydroxyl groups is 2. The van der Waals surface area contributed by atoms with Gasteiger partial charge in [-0.25, -0.2) is 19.9 Å². The van der Waals surface area contributed by atoms with E-state index >= 15 is 0 Å². The number of ether oxygens (including phenoxy) is 1. The third kappa shape index (κ3) is 4.64. The average Bonchev–Trinajstić information content (AvgIpc) is 2.66. The number of halogens is 4. The molecule has 0 aliphatic carbocycles. The van der Waals surface area contributed by atoms with Crippen LogP contribution in [0.15, 0.2) is 30.6 Å². The maximum absolute atomic E-state index is 13.2. The van der Waals surface area contributed by atoms with Gasteiger partial charge in [-0.1, -0.05) is 17.7 Å². The third-order valence-corrected chi connectivity index (χ3v) is 3.93. The van der Waals surface area contributed by atoms with Crippen LogP contribution >= 0.6 is 11.6 Å². The van der Waals surface area contributed by atoms with Crippen LogP contribution in [-0.2, 0) is 12.6 Å². The van der Waals surface area contributed by atoms with Gasteiger partial charge in [0.25, 0.3) is 0 Å². The molecule has 2 heterocycles. The molecule has 3 rings (SSSR count). The van der Waals surface area contributed by atoms with Crippen LogP contribution in [0, 0.1) is 0 Å². The van der Waals surface area contributed by atoms with E-state index < -0.39 is 24.7 Å². The molecule has 0 saturated heterocycles. The zero-order valence-corrected chi connectivity index (χ0v) is 14.9. The Balaban J connectivity index is 2.09. The van der Waals surface area contributed by atoms with Crippen molar-refractivity contribution in [3.05, 3.63) is 47.1 Å². The molecule has 0 radical (unpaired) electrons. The maximum Gasteiger partial charge on any atom is 0.451 e. The summed E-state index contributed by atoms with van der Waals surface area (Å²) in [6.45, 7) is -0.517. The Morgan fingerprint density at radius 1 is 1.14 bits per heavy atom. The summed E-state index contributed by atoms with van der Waals surface area (Å²) in [7, 11) is 0. The second-order valence-electron chi connectivity index (χ2n) is 5.80. The van der Waals surface area contributed by atoms with E-state index in [9.17, 15) is 18.3 Å². The number of aromatic nitrogens is 4. The molecule has 0 spiro atoms. The van der Waals surface area contributed by atoms with Crippen LogP contribution in [0.5, 0.6) is 11.8 Å². The first-order chi connectivity index (χ1) is 13.3. The second kappa shape index (κ2) is 8.21. The second-order valence-corrected chi connectivity index (χ2v) is 6.24. The van der Waals surface area contributed by atoms with Gasteiger partial charge in [0.1, 0.15) is 5.75 Å². The lowest BCUT2D eigenvalue weighted by Crippen LogP contribution is -2.16. The standard InChI is InChI=1S/C17H14ClF3N4O3/c18-9-6-22-16(23-7-9)28-13-3-1-2-11-14(13)12(5-4-10(27)8-26)25-15(24-11)17(19,20)21/h1-3,6-7,10,26-27H,4-5,8H2. The van der Waals surface area contributed by atoms with Gasteiger partial charge < -0.3 is 14.9 Å². The van der Waals surface area contributed by atoms with E-state index in [1.165, 1.54) is 30.6 Å². The predicted molar refractivity (Wildman–Crippen MR) is 93.1 cm³/mol. The summed E-state index contributed by atoms with van der Waals surface area (Å²) >= 11 is 5.73. The normalized spacial score (nSPS) is 12.9. The van der Waals surface area contributed by atoms with Gasteiger partial charge in [-0.2, -0.15) is 13.2 Å². The van der Waals surface area contributed by atoms with Crippen molar-refractivity contribution in [1.29, 1.82) is 0 Å². The van der Waals surface area contributed by atoms with Gasteiger partial charge in [0.15, 0.2) is 0 Å². The summed E-state index contributed by atoms with van der Waals surface area (Å²) < 4.78 is 45.1. The molecule has 148 valence electrons. The van der Waals surface area contributed by atoms with E-state index in [1.54, 1.807) is 0 Å². The minimum absolute atomic E-state index is 0.00564. The molecular formula is C17H14ClF3N4O3. The highest BCUT2D eigenvalue weighted by molar-refractivity contribution is 6.30. The van der Waals surface area contributed by atoms with Crippen molar-refractivity contribution in [2.24, 2.45) is 0 Å². The largest absolute Gasteiger partial charge is 0.451 e. The number of aryl methyl sites for hydroxylation is 1. The third-order valence-electron chi connectivity index (χ3n) is 3.74. The van der Waals surface area contributed by atoms with Gasteiger partial charge in [-0.05, 0) is 25.0 Å². The monoisotopic (exact) mass is 414 g/mol. The van der Waals surface area contributed by atoms with Crippen LogP contribution in [0.25, 0.3) is 10.9 Å².